The van der Waals surface area contributed by atoms with Gasteiger partial charge in [-0.1, -0.05) is 6.92 Å². The van der Waals surface area contributed by atoms with Crippen LogP contribution in [0.4, 0.5) is 5.95 Å². The van der Waals surface area contributed by atoms with Gasteiger partial charge in [0.25, 0.3) is 0 Å². The van der Waals surface area contributed by atoms with E-state index in [0.717, 1.165) is 57.1 Å². The quantitative estimate of drug-likeness (QED) is 0.768. The van der Waals surface area contributed by atoms with Crippen molar-refractivity contribution in [2.24, 2.45) is 5.73 Å². The largest absolute Gasteiger partial charge is 0.385 e. The molecular weight excluding hydrogens is 228 g/mol. The summed E-state index contributed by atoms with van der Waals surface area (Å²) in [5.41, 5.74) is 7.13. The second-order valence-corrected chi connectivity index (χ2v) is 4.92. The summed E-state index contributed by atoms with van der Waals surface area (Å²) in [6.45, 7) is 5.83. The minimum atomic E-state index is 0.291. The maximum atomic E-state index is 5.97. The average molecular weight is 252 g/mol. The molecule has 0 spiro atoms. The SMILES string of the molecule is CCc1cn(CCCOC)c(N2CCC(N)C2)n1. The van der Waals surface area contributed by atoms with Gasteiger partial charge in [0.05, 0.1) is 5.69 Å². The van der Waals surface area contributed by atoms with Gasteiger partial charge in [-0.2, -0.15) is 0 Å². The molecule has 0 aliphatic carbocycles. The Balaban J connectivity index is 2.08. The molecule has 1 unspecified atom stereocenters. The number of hydrogen-bond donors (Lipinski definition) is 1. The zero-order valence-corrected chi connectivity index (χ0v) is 11.4. The molecule has 0 radical (unpaired) electrons. The van der Waals surface area contributed by atoms with Crippen molar-refractivity contribution in [3.05, 3.63) is 11.9 Å². The summed E-state index contributed by atoms with van der Waals surface area (Å²) in [6.07, 6.45) is 5.22. The Morgan fingerprint density at radius 3 is 3.00 bits per heavy atom. The predicted molar refractivity (Wildman–Crippen MR) is 72.9 cm³/mol. The highest BCUT2D eigenvalue weighted by atomic mass is 16.5. The third-order valence-corrected chi connectivity index (χ3v) is 3.42. The van der Waals surface area contributed by atoms with Crippen LogP contribution in [0.15, 0.2) is 6.20 Å². The Kier molecular flexibility index (Phi) is 4.60. The smallest absolute Gasteiger partial charge is 0.205 e. The molecule has 2 N–H and O–H groups in total. The Labute approximate surface area is 109 Å². The minimum absolute atomic E-state index is 0.291. The van der Waals surface area contributed by atoms with E-state index in [1.807, 2.05) is 0 Å². The lowest BCUT2D eigenvalue weighted by molar-refractivity contribution is 0.190. The highest BCUT2D eigenvalue weighted by Gasteiger charge is 2.23. The summed E-state index contributed by atoms with van der Waals surface area (Å²) in [5.74, 6) is 1.08. The summed E-state index contributed by atoms with van der Waals surface area (Å²) in [7, 11) is 1.74. The van der Waals surface area contributed by atoms with E-state index >= 15 is 0 Å². The Morgan fingerprint density at radius 2 is 2.39 bits per heavy atom. The number of anilines is 1. The fraction of sp³-hybridized carbons (Fsp3) is 0.769. The van der Waals surface area contributed by atoms with Gasteiger partial charge in [-0.25, -0.2) is 4.98 Å². The molecule has 1 aliphatic rings. The van der Waals surface area contributed by atoms with E-state index in [0.29, 0.717) is 6.04 Å². The van der Waals surface area contributed by atoms with Gasteiger partial charge in [0.2, 0.25) is 5.95 Å². The van der Waals surface area contributed by atoms with Gasteiger partial charge in [-0.15, -0.1) is 0 Å². The number of nitrogens with two attached hydrogens (primary N) is 1. The number of ether oxygens (including phenoxy) is 1. The molecule has 1 atom stereocenters. The van der Waals surface area contributed by atoms with Crippen LogP contribution in [-0.2, 0) is 17.7 Å². The predicted octanol–water partition coefficient (Wildman–Crippen LogP) is 1.02. The van der Waals surface area contributed by atoms with E-state index < -0.39 is 0 Å². The fourth-order valence-corrected chi connectivity index (χ4v) is 2.39. The summed E-state index contributed by atoms with van der Waals surface area (Å²) >= 11 is 0. The Morgan fingerprint density at radius 1 is 1.56 bits per heavy atom. The van der Waals surface area contributed by atoms with Crippen molar-refractivity contribution in [1.29, 1.82) is 0 Å². The second-order valence-electron chi connectivity index (χ2n) is 4.92. The van der Waals surface area contributed by atoms with Gasteiger partial charge < -0.3 is 19.9 Å². The van der Waals surface area contributed by atoms with E-state index in [9.17, 15) is 0 Å². The molecule has 1 saturated heterocycles. The molecule has 1 fully saturated rings. The van der Waals surface area contributed by atoms with Crippen LogP contribution < -0.4 is 10.6 Å². The monoisotopic (exact) mass is 252 g/mol. The van der Waals surface area contributed by atoms with Gasteiger partial charge in [0.15, 0.2) is 0 Å². The van der Waals surface area contributed by atoms with Gasteiger partial charge in [0.1, 0.15) is 0 Å². The normalized spacial score (nSPS) is 19.7. The first kappa shape index (κ1) is 13.4. The highest BCUT2D eigenvalue weighted by Crippen LogP contribution is 2.20. The van der Waals surface area contributed by atoms with Crippen molar-refractivity contribution >= 4 is 5.95 Å². The van der Waals surface area contributed by atoms with Crippen LogP contribution >= 0.6 is 0 Å². The summed E-state index contributed by atoms with van der Waals surface area (Å²) < 4.78 is 7.36. The molecule has 0 aromatic carbocycles. The minimum Gasteiger partial charge on any atom is -0.385 e. The third kappa shape index (κ3) is 3.03. The van der Waals surface area contributed by atoms with Crippen molar-refractivity contribution in [3.63, 3.8) is 0 Å². The van der Waals surface area contributed by atoms with Crippen molar-refractivity contribution in [2.45, 2.75) is 38.8 Å². The highest BCUT2D eigenvalue weighted by molar-refractivity contribution is 5.35. The van der Waals surface area contributed by atoms with Crippen LogP contribution in [0.25, 0.3) is 0 Å². The topological polar surface area (TPSA) is 56.3 Å². The van der Waals surface area contributed by atoms with Crippen molar-refractivity contribution < 1.29 is 4.74 Å². The van der Waals surface area contributed by atoms with E-state index in [4.69, 9.17) is 15.5 Å². The molecular formula is C13H24N4O. The second kappa shape index (κ2) is 6.20. The number of methoxy groups -OCH3 is 1. The van der Waals surface area contributed by atoms with E-state index in [1.165, 1.54) is 0 Å². The van der Waals surface area contributed by atoms with Crippen LogP contribution in [0.3, 0.4) is 0 Å². The van der Waals surface area contributed by atoms with Gasteiger partial charge in [-0.3, -0.25) is 0 Å². The number of imidazole rings is 1. The molecule has 1 aliphatic heterocycles. The molecule has 0 amide bonds. The third-order valence-electron chi connectivity index (χ3n) is 3.42. The molecule has 2 rings (SSSR count). The number of rotatable bonds is 6. The van der Waals surface area contributed by atoms with E-state index in [-0.39, 0.29) is 0 Å². The lowest BCUT2D eigenvalue weighted by Gasteiger charge is -2.18. The lowest BCUT2D eigenvalue weighted by Crippen LogP contribution is -2.28. The summed E-state index contributed by atoms with van der Waals surface area (Å²) in [5, 5.41) is 0. The molecule has 0 bridgehead atoms. The molecule has 18 heavy (non-hydrogen) atoms. The van der Waals surface area contributed by atoms with Crippen molar-refractivity contribution in [2.75, 3.05) is 31.7 Å². The number of aromatic nitrogens is 2. The molecule has 1 aromatic heterocycles. The first-order chi connectivity index (χ1) is 8.74. The standard InChI is InChI=1S/C13H24N4O/c1-3-12-10-16(6-4-8-18-2)13(15-12)17-7-5-11(14)9-17/h10-11H,3-9,14H2,1-2H3. The zero-order chi connectivity index (χ0) is 13.0. The lowest BCUT2D eigenvalue weighted by atomic mass is 10.3. The first-order valence-electron chi connectivity index (χ1n) is 6.80. The molecule has 5 nitrogen and oxygen atoms in total. The Bertz CT molecular complexity index is 377. The Hall–Kier alpha value is -1.07. The van der Waals surface area contributed by atoms with Gasteiger partial charge in [0, 0.05) is 45.6 Å². The van der Waals surface area contributed by atoms with E-state index in [1.54, 1.807) is 7.11 Å². The molecule has 5 heteroatoms. The molecule has 2 heterocycles. The van der Waals surface area contributed by atoms with Crippen LogP contribution in [0, 0.1) is 0 Å². The van der Waals surface area contributed by atoms with Crippen LogP contribution in [0.2, 0.25) is 0 Å². The van der Waals surface area contributed by atoms with Crippen LogP contribution in [0.1, 0.15) is 25.5 Å². The molecule has 0 saturated carbocycles. The molecule has 102 valence electrons. The maximum Gasteiger partial charge on any atom is 0.205 e. The van der Waals surface area contributed by atoms with Gasteiger partial charge >= 0.3 is 0 Å². The summed E-state index contributed by atoms with van der Waals surface area (Å²) in [6, 6.07) is 0.291. The number of aryl methyl sites for hydroxylation is 2. The van der Waals surface area contributed by atoms with Gasteiger partial charge in [-0.05, 0) is 19.3 Å². The summed E-state index contributed by atoms with van der Waals surface area (Å²) in [4.78, 5) is 7.02. The molecule has 1 aromatic rings. The number of nitrogens with zero attached hydrogens (tertiary/aromatic N) is 3. The first-order valence-corrected chi connectivity index (χ1v) is 6.80. The van der Waals surface area contributed by atoms with Crippen LogP contribution in [-0.4, -0.2) is 42.4 Å². The van der Waals surface area contributed by atoms with Crippen LogP contribution in [0.5, 0.6) is 0 Å². The fourth-order valence-electron chi connectivity index (χ4n) is 2.39. The number of hydrogen-bond acceptors (Lipinski definition) is 4. The van der Waals surface area contributed by atoms with Crippen molar-refractivity contribution in [1.82, 2.24) is 9.55 Å². The zero-order valence-electron chi connectivity index (χ0n) is 11.4. The van der Waals surface area contributed by atoms with Crippen molar-refractivity contribution in [3.8, 4) is 0 Å². The maximum absolute atomic E-state index is 5.97. The van der Waals surface area contributed by atoms with E-state index in [2.05, 4.69) is 22.6 Å². The average Bonchev–Trinajstić information content (AvgIpc) is 2.95.